The Morgan fingerprint density at radius 2 is 1.19 bits per heavy atom. The molecule has 0 aromatic heterocycles. The molecule has 3 aromatic carbocycles. The van der Waals surface area contributed by atoms with Crippen LogP contribution in [0.5, 0.6) is 11.5 Å². The molecule has 3 aromatic rings. The second kappa shape index (κ2) is 12.5. The van der Waals surface area contributed by atoms with Crippen LogP contribution in [0.1, 0.15) is 0 Å². The molecule has 0 aliphatic heterocycles. The van der Waals surface area contributed by atoms with Crippen LogP contribution < -0.4 is 9.47 Å². The van der Waals surface area contributed by atoms with E-state index in [2.05, 4.69) is 22.6 Å². The number of hydrogen-bond donors (Lipinski definition) is 0. The van der Waals surface area contributed by atoms with E-state index in [1.807, 2.05) is 0 Å². The van der Waals surface area contributed by atoms with Crippen LogP contribution in [0.4, 0.5) is 8.78 Å². The van der Waals surface area contributed by atoms with Gasteiger partial charge in [-0.15, -0.1) is 0 Å². The molecule has 0 atom stereocenters. The van der Waals surface area contributed by atoms with Gasteiger partial charge in [0.2, 0.25) is 0 Å². The number of benzene rings is 3. The summed E-state index contributed by atoms with van der Waals surface area (Å²) in [5.74, 6) is -2.20. The maximum Gasteiger partial charge on any atom is 0.335 e. The molecule has 0 unspecified atom stereocenters. The molecule has 8 heteroatoms. The first kappa shape index (κ1) is 25.6. The van der Waals surface area contributed by atoms with E-state index in [-0.39, 0.29) is 11.3 Å². The predicted molar refractivity (Wildman–Crippen MR) is 129 cm³/mol. The average Bonchev–Trinajstić information content (AvgIpc) is 2.89. The van der Waals surface area contributed by atoms with Gasteiger partial charge in [0.15, 0.2) is 11.6 Å². The van der Waals surface area contributed by atoms with Crippen molar-refractivity contribution < 1.29 is 37.3 Å². The lowest BCUT2D eigenvalue weighted by Gasteiger charge is -2.09. The van der Waals surface area contributed by atoms with Crippen LogP contribution in [0.3, 0.4) is 0 Å². The second-order valence-corrected chi connectivity index (χ2v) is 6.93. The number of ether oxygens (including phenoxy) is 4. The standard InChI is InChI=1S/C28H20F2O6/c1-3-27(31)35-15-13-33-22-9-5-19(6-10-22)20-7-11-23(24(29)17-20)21-8-12-26(25(30)18-21)34-14-16-36-28(32)4-2/h3-18H,1-2H2. The van der Waals surface area contributed by atoms with Crippen molar-refractivity contribution in [3.05, 3.63) is 123 Å². The Kier molecular flexibility index (Phi) is 8.88. The molecule has 0 fully saturated rings. The lowest BCUT2D eigenvalue weighted by molar-refractivity contribution is -0.133. The van der Waals surface area contributed by atoms with Gasteiger partial charge in [-0.2, -0.15) is 0 Å². The Morgan fingerprint density at radius 3 is 1.78 bits per heavy atom. The fraction of sp³-hybridized carbons (Fsp3) is 0. The van der Waals surface area contributed by atoms with Crippen molar-refractivity contribution in [3.63, 3.8) is 0 Å². The van der Waals surface area contributed by atoms with Crippen molar-refractivity contribution in [2.75, 3.05) is 0 Å². The molecule has 0 N–H and O–H groups in total. The molecule has 6 nitrogen and oxygen atoms in total. The molecule has 0 amide bonds. The van der Waals surface area contributed by atoms with Crippen LogP contribution in [0.2, 0.25) is 0 Å². The van der Waals surface area contributed by atoms with Gasteiger partial charge in [-0.3, -0.25) is 0 Å². The van der Waals surface area contributed by atoms with Gasteiger partial charge in [-0.1, -0.05) is 43.5 Å². The highest BCUT2D eigenvalue weighted by atomic mass is 19.1. The molecular weight excluding hydrogens is 470 g/mol. The van der Waals surface area contributed by atoms with Crippen LogP contribution in [0.15, 0.2) is 111 Å². The van der Waals surface area contributed by atoms with Crippen LogP contribution in [-0.4, -0.2) is 11.9 Å². The van der Waals surface area contributed by atoms with Crippen molar-refractivity contribution in [3.8, 4) is 33.8 Å². The predicted octanol–water partition coefficient (Wildman–Crippen LogP) is 6.46. The minimum absolute atomic E-state index is 0.127. The largest absolute Gasteiger partial charge is 0.462 e. The molecule has 182 valence electrons. The molecule has 0 saturated carbocycles. The van der Waals surface area contributed by atoms with E-state index < -0.39 is 23.6 Å². The van der Waals surface area contributed by atoms with Gasteiger partial charge in [-0.05, 0) is 47.0 Å². The minimum atomic E-state index is -0.723. The highest BCUT2D eigenvalue weighted by Gasteiger charge is 2.11. The van der Waals surface area contributed by atoms with E-state index in [0.717, 1.165) is 42.6 Å². The Labute approximate surface area is 206 Å². The third-order valence-corrected chi connectivity index (χ3v) is 4.61. The minimum Gasteiger partial charge on any atom is -0.462 e. The molecule has 0 radical (unpaired) electrons. The van der Waals surface area contributed by atoms with Gasteiger partial charge in [-0.25, -0.2) is 18.4 Å². The summed E-state index contributed by atoms with van der Waals surface area (Å²) >= 11 is 0. The number of hydrogen-bond acceptors (Lipinski definition) is 6. The van der Waals surface area contributed by atoms with Crippen molar-refractivity contribution in [1.29, 1.82) is 0 Å². The van der Waals surface area contributed by atoms with Crippen molar-refractivity contribution in [1.82, 2.24) is 0 Å². The zero-order valence-corrected chi connectivity index (χ0v) is 18.9. The summed E-state index contributed by atoms with van der Waals surface area (Å²) in [4.78, 5) is 21.9. The van der Waals surface area contributed by atoms with E-state index in [1.165, 1.54) is 24.5 Å². The summed E-state index contributed by atoms with van der Waals surface area (Å²) in [6, 6.07) is 15.4. The molecular formula is C28H20F2O6. The first-order chi connectivity index (χ1) is 17.4. The molecule has 0 heterocycles. The van der Waals surface area contributed by atoms with E-state index in [9.17, 15) is 18.4 Å². The number of rotatable bonds is 10. The summed E-state index contributed by atoms with van der Waals surface area (Å²) in [5, 5.41) is 0. The number of carbonyl (C=O) groups excluding carboxylic acids is 2. The molecule has 36 heavy (non-hydrogen) atoms. The van der Waals surface area contributed by atoms with Crippen molar-refractivity contribution >= 4 is 11.9 Å². The molecule has 0 aliphatic rings. The van der Waals surface area contributed by atoms with Gasteiger partial charge in [0.1, 0.15) is 36.6 Å². The Balaban J connectivity index is 1.67. The molecule has 0 spiro atoms. The first-order valence-corrected chi connectivity index (χ1v) is 10.4. The fourth-order valence-corrected chi connectivity index (χ4v) is 2.91. The summed E-state index contributed by atoms with van der Waals surface area (Å²) in [6.07, 6.45) is 6.23. The summed E-state index contributed by atoms with van der Waals surface area (Å²) in [6.45, 7) is 6.52. The van der Waals surface area contributed by atoms with E-state index >= 15 is 0 Å². The fourth-order valence-electron chi connectivity index (χ4n) is 2.91. The van der Waals surface area contributed by atoms with E-state index in [0.29, 0.717) is 16.9 Å². The lowest BCUT2D eigenvalue weighted by Crippen LogP contribution is -1.94. The Morgan fingerprint density at radius 1 is 0.639 bits per heavy atom. The topological polar surface area (TPSA) is 71.1 Å². The first-order valence-electron chi connectivity index (χ1n) is 10.4. The highest BCUT2D eigenvalue weighted by molar-refractivity contribution is 5.82. The monoisotopic (exact) mass is 490 g/mol. The third kappa shape index (κ3) is 7.01. The van der Waals surface area contributed by atoms with Crippen LogP contribution >= 0.6 is 0 Å². The quantitative estimate of drug-likeness (QED) is 0.185. The summed E-state index contributed by atoms with van der Waals surface area (Å²) < 4.78 is 49.0. The smallest absolute Gasteiger partial charge is 0.335 e. The zero-order valence-electron chi connectivity index (χ0n) is 18.9. The average molecular weight is 490 g/mol. The SMILES string of the molecule is C=CC(=O)OC=COc1ccc(-c2ccc(-c3ccc(OC=COC(=O)C=C)c(F)c3)c(F)c2)cc1. The van der Waals surface area contributed by atoms with Crippen LogP contribution in [0, 0.1) is 11.6 Å². The van der Waals surface area contributed by atoms with E-state index in [1.54, 1.807) is 36.4 Å². The van der Waals surface area contributed by atoms with Gasteiger partial charge in [0.25, 0.3) is 0 Å². The van der Waals surface area contributed by atoms with Gasteiger partial charge < -0.3 is 18.9 Å². The van der Waals surface area contributed by atoms with Gasteiger partial charge in [0, 0.05) is 17.7 Å². The zero-order chi connectivity index (χ0) is 25.9. The maximum atomic E-state index is 14.9. The highest BCUT2D eigenvalue weighted by Crippen LogP contribution is 2.31. The molecule has 0 bridgehead atoms. The van der Waals surface area contributed by atoms with E-state index in [4.69, 9.17) is 9.47 Å². The van der Waals surface area contributed by atoms with Crippen molar-refractivity contribution in [2.45, 2.75) is 0 Å². The van der Waals surface area contributed by atoms with Crippen LogP contribution in [-0.2, 0) is 19.1 Å². The molecule has 3 rings (SSSR count). The normalized spacial score (nSPS) is 10.7. The number of esters is 2. The third-order valence-electron chi connectivity index (χ3n) is 4.61. The Hall–Kier alpha value is -4.98. The van der Waals surface area contributed by atoms with Gasteiger partial charge >= 0.3 is 11.9 Å². The summed E-state index contributed by atoms with van der Waals surface area (Å²) in [5.41, 5.74) is 1.86. The van der Waals surface area contributed by atoms with Gasteiger partial charge in [0.05, 0.1) is 0 Å². The van der Waals surface area contributed by atoms with Crippen LogP contribution in [0.25, 0.3) is 22.3 Å². The lowest BCUT2D eigenvalue weighted by atomic mass is 9.99. The second-order valence-electron chi connectivity index (χ2n) is 6.93. The summed E-state index contributed by atoms with van der Waals surface area (Å²) in [7, 11) is 0. The Bertz CT molecular complexity index is 1330. The number of halogens is 2. The number of carbonyl (C=O) groups is 2. The molecule has 0 saturated heterocycles. The van der Waals surface area contributed by atoms with Crippen molar-refractivity contribution in [2.24, 2.45) is 0 Å². The maximum absolute atomic E-state index is 14.9. The molecule has 0 aliphatic carbocycles.